The van der Waals surface area contributed by atoms with E-state index in [1.54, 1.807) is 0 Å². The lowest BCUT2D eigenvalue weighted by atomic mass is 10.1. The largest absolute Gasteiger partial charge is 1.00 e. The molecule has 0 aliphatic carbocycles. The van der Waals surface area contributed by atoms with E-state index in [9.17, 15) is 0 Å². The zero-order valence-corrected chi connectivity index (χ0v) is 18.7. The zero-order chi connectivity index (χ0) is 16.4. The number of aromatic nitrogens is 1. The number of thioether (sulfide) groups is 1. The van der Waals surface area contributed by atoms with Gasteiger partial charge in [-0.25, -0.2) is 4.57 Å². The molecule has 1 nitrogen and oxygen atoms in total. The van der Waals surface area contributed by atoms with E-state index in [0.29, 0.717) is 0 Å². The summed E-state index contributed by atoms with van der Waals surface area (Å²) in [6.07, 6.45) is 21.6. The van der Waals surface area contributed by atoms with Crippen molar-refractivity contribution in [3.05, 3.63) is 30.6 Å². The molecule has 0 unspecified atom stereocenters. The van der Waals surface area contributed by atoms with E-state index in [1.807, 2.05) is 0 Å². The van der Waals surface area contributed by atoms with Gasteiger partial charge in [0.2, 0.25) is 0 Å². The van der Waals surface area contributed by atoms with Crippen molar-refractivity contribution in [2.75, 3.05) is 11.5 Å². The molecule has 3 heteroatoms. The number of nitrogens with zero attached hydrogens (tertiary/aromatic N) is 1. The second kappa shape index (κ2) is 19.6. The van der Waals surface area contributed by atoms with Gasteiger partial charge in [0.15, 0.2) is 18.9 Å². The third kappa shape index (κ3) is 15.7. The lowest BCUT2D eigenvalue weighted by Gasteiger charge is -2.03. The fourth-order valence-corrected chi connectivity index (χ4v) is 3.85. The molecule has 140 valence electrons. The van der Waals surface area contributed by atoms with Crippen LogP contribution in [0.1, 0.15) is 84.0 Å². The highest BCUT2D eigenvalue weighted by Crippen LogP contribution is 2.13. The number of rotatable bonds is 16. The molecule has 0 atom stereocenters. The van der Waals surface area contributed by atoms with Crippen LogP contribution in [-0.2, 0) is 6.54 Å². The van der Waals surface area contributed by atoms with Gasteiger partial charge in [0.05, 0.1) is 5.75 Å². The number of halogens is 1. The van der Waals surface area contributed by atoms with E-state index in [0.717, 1.165) is 6.54 Å². The molecule has 0 bridgehead atoms. The first kappa shape index (κ1) is 24.2. The molecule has 0 spiro atoms. The lowest BCUT2D eigenvalue weighted by molar-refractivity contribution is -0.692. The van der Waals surface area contributed by atoms with Crippen molar-refractivity contribution in [2.24, 2.45) is 0 Å². The van der Waals surface area contributed by atoms with E-state index in [4.69, 9.17) is 0 Å². The summed E-state index contributed by atoms with van der Waals surface area (Å²) in [7, 11) is 0. The predicted molar refractivity (Wildman–Crippen MR) is 105 cm³/mol. The Hall–Kier alpha value is 0.230. The minimum Gasteiger partial charge on any atom is -1.00 e. The maximum absolute atomic E-state index is 2.29. The van der Waals surface area contributed by atoms with Gasteiger partial charge in [0.25, 0.3) is 0 Å². The zero-order valence-electron chi connectivity index (χ0n) is 15.7. The standard InChI is InChI=1S/C21H38NS.HI/c1-2-3-4-5-6-7-8-9-10-11-12-16-20-23-21-19-22-17-14-13-15-18-22;/h13-15,17-18H,2-12,16,19-21H2,1H3;1H/q+1;/p-1. The minimum atomic E-state index is 0. The van der Waals surface area contributed by atoms with Gasteiger partial charge in [-0.15, -0.1) is 0 Å². The number of hydrogen-bond acceptors (Lipinski definition) is 1. The van der Waals surface area contributed by atoms with Crippen LogP contribution in [0.3, 0.4) is 0 Å². The molecule has 0 aromatic carbocycles. The molecule has 0 aliphatic heterocycles. The maximum atomic E-state index is 2.29. The van der Waals surface area contributed by atoms with Crippen LogP contribution in [0, 0.1) is 0 Å². The first-order valence-electron chi connectivity index (χ1n) is 9.95. The third-order valence-electron chi connectivity index (χ3n) is 4.41. The van der Waals surface area contributed by atoms with Gasteiger partial charge in [-0.05, 0) is 12.2 Å². The summed E-state index contributed by atoms with van der Waals surface area (Å²) < 4.78 is 2.27. The number of pyridine rings is 1. The number of aryl methyl sites for hydroxylation is 1. The lowest BCUT2D eigenvalue weighted by Crippen LogP contribution is -3.00. The molecular formula is C21H38INS. The van der Waals surface area contributed by atoms with Gasteiger partial charge < -0.3 is 24.0 Å². The normalized spacial score (nSPS) is 10.5. The molecule has 0 saturated heterocycles. The molecule has 1 aromatic heterocycles. The van der Waals surface area contributed by atoms with Gasteiger partial charge in [0.1, 0.15) is 0 Å². The van der Waals surface area contributed by atoms with Crippen LogP contribution >= 0.6 is 11.8 Å². The predicted octanol–water partition coefficient (Wildman–Crippen LogP) is 3.41. The summed E-state index contributed by atoms with van der Waals surface area (Å²) in [5, 5.41) is 0. The highest BCUT2D eigenvalue weighted by Gasteiger charge is 1.98. The molecule has 1 rings (SSSR count). The summed E-state index contributed by atoms with van der Waals surface area (Å²) in [5.41, 5.74) is 0. The van der Waals surface area contributed by atoms with Crippen LogP contribution in [0.25, 0.3) is 0 Å². The SMILES string of the molecule is CCCCCCCCCCCCCCSCC[n+]1ccccc1.[I-]. The molecule has 0 saturated carbocycles. The van der Waals surface area contributed by atoms with Crippen molar-refractivity contribution in [1.82, 2.24) is 0 Å². The molecule has 24 heavy (non-hydrogen) atoms. The highest BCUT2D eigenvalue weighted by molar-refractivity contribution is 7.99. The molecule has 0 N–H and O–H groups in total. The average Bonchev–Trinajstić information content (AvgIpc) is 2.59. The topological polar surface area (TPSA) is 3.88 Å². The van der Waals surface area contributed by atoms with Crippen molar-refractivity contribution in [2.45, 2.75) is 90.5 Å². The van der Waals surface area contributed by atoms with Crippen molar-refractivity contribution < 1.29 is 28.5 Å². The fourth-order valence-electron chi connectivity index (χ4n) is 2.90. The van der Waals surface area contributed by atoms with E-state index >= 15 is 0 Å². The van der Waals surface area contributed by atoms with Crippen molar-refractivity contribution in [3.8, 4) is 0 Å². The van der Waals surface area contributed by atoms with Gasteiger partial charge in [-0.1, -0.05) is 83.6 Å². The Morgan fingerprint density at radius 1 is 0.625 bits per heavy atom. The van der Waals surface area contributed by atoms with Crippen LogP contribution in [0.2, 0.25) is 0 Å². The monoisotopic (exact) mass is 463 g/mol. The van der Waals surface area contributed by atoms with E-state index in [-0.39, 0.29) is 24.0 Å². The summed E-state index contributed by atoms with van der Waals surface area (Å²) in [6, 6.07) is 6.29. The molecule has 0 aliphatic rings. The van der Waals surface area contributed by atoms with Gasteiger partial charge in [-0.3, -0.25) is 0 Å². The Balaban J connectivity index is 0.00000529. The van der Waals surface area contributed by atoms with Crippen LogP contribution in [0.4, 0.5) is 0 Å². The van der Waals surface area contributed by atoms with Crippen LogP contribution in [0.15, 0.2) is 30.6 Å². The van der Waals surface area contributed by atoms with Gasteiger partial charge in [-0.2, -0.15) is 11.8 Å². The Morgan fingerprint density at radius 3 is 1.67 bits per heavy atom. The second-order valence-electron chi connectivity index (χ2n) is 6.61. The molecular weight excluding hydrogens is 425 g/mol. The second-order valence-corrected chi connectivity index (χ2v) is 7.84. The fraction of sp³-hybridized carbons (Fsp3) is 0.762. The molecule has 0 amide bonds. The maximum Gasteiger partial charge on any atom is 0.168 e. The molecule has 0 radical (unpaired) electrons. The van der Waals surface area contributed by atoms with E-state index < -0.39 is 0 Å². The van der Waals surface area contributed by atoms with Crippen molar-refractivity contribution in [1.29, 1.82) is 0 Å². The first-order valence-corrected chi connectivity index (χ1v) is 11.1. The Bertz CT molecular complexity index is 345. The molecule has 1 heterocycles. The smallest absolute Gasteiger partial charge is 0.168 e. The molecule has 1 aromatic rings. The van der Waals surface area contributed by atoms with Gasteiger partial charge >= 0.3 is 0 Å². The van der Waals surface area contributed by atoms with E-state index in [2.05, 4.69) is 53.8 Å². The number of unbranched alkanes of at least 4 members (excludes halogenated alkanes) is 11. The third-order valence-corrected chi connectivity index (χ3v) is 5.46. The molecule has 0 fully saturated rings. The van der Waals surface area contributed by atoms with Crippen LogP contribution < -0.4 is 28.5 Å². The van der Waals surface area contributed by atoms with Gasteiger partial charge in [0, 0.05) is 12.1 Å². The quantitative estimate of drug-likeness (QED) is 0.207. The highest BCUT2D eigenvalue weighted by atomic mass is 127. The summed E-state index contributed by atoms with van der Waals surface area (Å²) >= 11 is 2.11. The van der Waals surface area contributed by atoms with E-state index in [1.165, 1.54) is 88.6 Å². The first-order chi connectivity index (χ1) is 11.4. The Labute approximate surface area is 172 Å². The average molecular weight is 464 g/mol. The Kier molecular flexibility index (Phi) is 19.7. The van der Waals surface area contributed by atoms with Crippen molar-refractivity contribution in [3.63, 3.8) is 0 Å². The summed E-state index contributed by atoms with van der Waals surface area (Å²) in [6.45, 7) is 3.44. The number of hydrogen-bond donors (Lipinski definition) is 0. The minimum absolute atomic E-state index is 0. The summed E-state index contributed by atoms with van der Waals surface area (Å²) in [4.78, 5) is 0. The van der Waals surface area contributed by atoms with Crippen LogP contribution in [-0.4, -0.2) is 11.5 Å². The van der Waals surface area contributed by atoms with Crippen molar-refractivity contribution >= 4 is 11.8 Å². The Morgan fingerprint density at radius 2 is 1.12 bits per heavy atom. The van der Waals surface area contributed by atoms with Crippen LogP contribution in [0.5, 0.6) is 0 Å². The summed E-state index contributed by atoms with van der Waals surface area (Å²) in [5.74, 6) is 2.58.